The second kappa shape index (κ2) is 11.7. The molecule has 11 heteroatoms. The van der Waals surface area contributed by atoms with Gasteiger partial charge in [-0.25, -0.2) is 22.9 Å². The SMILES string of the molecule is COC(=O)N1C[C@H]2CCCC/C(=C\c3ccc(-n4cnc(C)c4)c(OC)c3)C(=O)N2[C@H](c2cc(F)c(F)c(F)c2)C1. The molecule has 2 aliphatic heterocycles. The van der Waals surface area contributed by atoms with Crippen molar-refractivity contribution in [3.8, 4) is 11.4 Å². The second-order valence-electron chi connectivity index (χ2n) is 10.3. The van der Waals surface area contributed by atoms with E-state index in [-0.39, 0.29) is 24.6 Å². The Kier molecular flexibility index (Phi) is 8.05. The number of methoxy groups -OCH3 is 2. The molecule has 3 aromatic rings. The molecule has 2 amide bonds. The fourth-order valence-electron chi connectivity index (χ4n) is 5.67. The van der Waals surface area contributed by atoms with Gasteiger partial charge in [-0.3, -0.25) is 4.79 Å². The number of benzene rings is 2. The highest BCUT2D eigenvalue weighted by Crippen LogP contribution is 2.37. The molecule has 0 saturated carbocycles. The number of nitrogens with zero attached hydrogens (tertiary/aromatic N) is 4. The van der Waals surface area contributed by atoms with Crippen LogP contribution in [0.25, 0.3) is 11.8 Å². The highest BCUT2D eigenvalue weighted by Gasteiger charge is 2.42. The quantitative estimate of drug-likeness (QED) is 0.303. The number of carbonyl (C=O) groups excluding carboxylic acids is 2. The fourth-order valence-corrected chi connectivity index (χ4v) is 5.67. The molecule has 1 aromatic heterocycles. The van der Waals surface area contributed by atoms with Crippen molar-refractivity contribution in [1.82, 2.24) is 19.4 Å². The lowest BCUT2D eigenvalue weighted by Gasteiger charge is -2.47. The van der Waals surface area contributed by atoms with Crippen molar-refractivity contribution in [3.05, 3.63) is 82.7 Å². The van der Waals surface area contributed by atoms with Gasteiger partial charge >= 0.3 is 6.09 Å². The van der Waals surface area contributed by atoms with E-state index in [0.29, 0.717) is 24.2 Å². The molecule has 0 N–H and O–H groups in total. The Balaban J connectivity index is 1.54. The molecule has 2 atom stereocenters. The number of carbonyl (C=O) groups is 2. The number of amides is 2. The van der Waals surface area contributed by atoms with Crippen molar-refractivity contribution >= 4 is 18.1 Å². The average molecular weight is 569 g/mol. The number of hydrogen-bond acceptors (Lipinski definition) is 5. The van der Waals surface area contributed by atoms with Crippen LogP contribution in [0.2, 0.25) is 0 Å². The number of rotatable bonds is 4. The van der Waals surface area contributed by atoms with Crippen molar-refractivity contribution in [1.29, 1.82) is 0 Å². The third-order valence-electron chi connectivity index (χ3n) is 7.65. The van der Waals surface area contributed by atoms with Crippen molar-refractivity contribution in [2.45, 2.75) is 44.7 Å². The molecule has 0 aliphatic carbocycles. The van der Waals surface area contributed by atoms with E-state index in [4.69, 9.17) is 9.47 Å². The first kappa shape index (κ1) is 28.3. The van der Waals surface area contributed by atoms with E-state index in [9.17, 15) is 22.8 Å². The first-order valence-electron chi connectivity index (χ1n) is 13.4. The molecule has 2 saturated heterocycles. The predicted octanol–water partition coefficient (Wildman–Crippen LogP) is 5.58. The minimum absolute atomic E-state index is 0.0560. The van der Waals surface area contributed by atoms with Gasteiger partial charge in [-0.05, 0) is 67.7 Å². The summed E-state index contributed by atoms with van der Waals surface area (Å²) in [6.45, 7) is 2.04. The number of aryl methyl sites for hydroxylation is 1. The van der Waals surface area contributed by atoms with Crippen LogP contribution in [-0.2, 0) is 9.53 Å². The van der Waals surface area contributed by atoms with Crippen molar-refractivity contribution < 1.29 is 32.2 Å². The molecule has 0 radical (unpaired) electrons. The molecular formula is C30H31F3N4O4. The lowest BCUT2D eigenvalue weighted by molar-refractivity contribution is -0.136. The van der Waals surface area contributed by atoms with Crippen LogP contribution in [0.15, 0.2) is 48.4 Å². The van der Waals surface area contributed by atoms with Crippen molar-refractivity contribution in [3.63, 3.8) is 0 Å². The Labute approximate surface area is 236 Å². The monoisotopic (exact) mass is 568 g/mol. The highest BCUT2D eigenvalue weighted by atomic mass is 19.2. The minimum atomic E-state index is -1.59. The van der Waals surface area contributed by atoms with Crippen LogP contribution in [0.4, 0.5) is 18.0 Å². The van der Waals surface area contributed by atoms with Crippen LogP contribution in [-0.4, -0.2) is 64.7 Å². The molecule has 8 nitrogen and oxygen atoms in total. The number of fused-ring (bicyclic) bond motifs is 1. The largest absolute Gasteiger partial charge is 0.495 e. The topological polar surface area (TPSA) is 76.9 Å². The zero-order valence-electron chi connectivity index (χ0n) is 23.1. The molecular weight excluding hydrogens is 537 g/mol. The van der Waals surface area contributed by atoms with Crippen LogP contribution in [0.1, 0.15) is 48.5 Å². The van der Waals surface area contributed by atoms with Gasteiger partial charge in [0.2, 0.25) is 0 Å². The Hall–Kier alpha value is -4.28. The van der Waals surface area contributed by atoms with Crippen LogP contribution in [0.5, 0.6) is 5.75 Å². The van der Waals surface area contributed by atoms with Gasteiger partial charge in [0.1, 0.15) is 5.75 Å². The van der Waals surface area contributed by atoms with Gasteiger partial charge in [-0.2, -0.15) is 0 Å². The third kappa shape index (κ3) is 5.66. The smallest absolute Gasteiger partial charge is 0.409 e. The molecule has 3 heterocycles. The normalized spacial score (nSPS) is 20.4. The van der Waals surface area contributed by atoms with E-state index in [2.05, 4.69) is 4.98 Å². The molecule has 5 rings (SSSR count). The van der Waals surface area contributed by atoms with E-state index >= 15 is 0 Å². The van der Waals surface area contributed by atoms with Crippen molar-refractivity contribution in [2.24, 2.45) is 0 Å². The maximum Gasteiger partial charge on any atom is 0.409 e. The standard InChI is InChI=1S/C30H31F3N4O4/c1-18-14-36(17-34-18)25-9-8-19(11-27(25)40-2)10-20-6-4-5-7-22-15-35(30(39)41-3)16-26(37(22)29(20)38)21-12-23(31)28(33)24(32)13-21/h8-14,17,22,26H,4-7,15-16H2,1-3H3/b20-10+/t22-,26+/m1/s1. The Morgan fingerprint density at radius 2 is 1.83 bits per heavy atom. The van der Waals surface area contributed by atoms with E-state index in [0.717, 1.165) is 41.9 Å². The first-order chi connectivity index (χ1) is 19.7. The Morgan fingerprint density at radius 3 is 2.49 bits per heavy atom. The molecule has 0 bridgehead atoms. The molecule has 41 heavy (non-hydrogen) atoms. The van der Waals surface area contributed by atoms with E-state index in [1.54, 1.807) is 24.4 Å². The van der Waals surface area contributed by atoms with Crippen LogP contribution in [0, 0.1) is 24.4 Å². The predicted molar refractivity (Wildman–Crippen MR) is 145 cm³/mol. The van der Waals surface area contributed by atoms with E-state index in [1.807, 2.05) is 35.9 Å². The minimum Gasteiger partial charge on any atom is -0.495 e. The number of imidazole rings is 1. The third-order valence-corrected chi connectivity index (χ3v) is 7.65. The lowest BCUT2D eigenvalue weighted by Crippen LogP contribution is -2.58. The Bertz CT molecular complexity index is 1480. The van der Waals surface area contributed by atoms with Gasteiger partial charge in [0, 0.05) is 24.9 Å². The highest BCUT2D eigenvalue weighted by molar-refractivity contribution is 5.98. The van der Waals surface area contributed by atoms with Crippen LogP contribution < -0.4 is 4.74 Å². The molecule has 2 fully saturated rings. The molecule has 2 aromatic carbocycles. The molecule has 216 valence electrons. The maximum absolute atomic E-state index is 14.3. The number of ether oxygens (including phenoxy) is 2. The first-order valence-corrected chi connectivity index (χ1v) is 13.4. The number of aromatic nitrogens is 2. The van der Waals surface area contributed by atoms with Gasteiger partial charge in [0.15, 0.2) is 17.5 Å². The average Bonchev–Trinajstić information content (AvgIpc) is 3.40. The number of hydrogen-bond donors (Lipinski definition) is 0. The summed E-state index contributed by atoms with van der Waals surface area (Å²) < 4.78 is 54.9. The van der Waals surface area contributed by atoms with E-state index in [1.165, 1.54) is 12.0 Å². The summed E-state index contributed by atoms with van der Waals surface area (Å²) in [4.78, 5) is 34.0. The lowest BCUT2D eigenvalue weighted by atomic mass is 9.90. The maximum atomic E-state index is 14.3. The summed E-state index contributed by atoms with van der Waals surface area (Å²) in [7, 11) is 2.82. The summed E-state index contributed by atoms with van der Waals surface area (Å²) in [6.07, 6.45) is 7.35. The molecule has 2 aliphatic rings. The van der Waals surface area contributed by atoms with Gasteiger partial charge in [-0.15, -0.1) is 0 Å². The van der Waals surface area contributed by atoms with Crippen LogP contribution >= 0.6 is 0 Å². The summed E-state index contributed by atoms with van der Waals surface area (Å²) in [5.74, 6) is -4.02. The Morgan fingerprint density at radius 1 is 1.07 bits per heavy atom. The zero-order chi connectivity index (χ0) is 29.3. The summed E-state index contributed by atoms with van der Waals surface area (Å²) in [5, 5.41) is 0. The van der Waals surface area contributed by atoms with Gasteiger partial charge in [0.05, 0.1) is 44.0 Å². The summed E-state index contributed by atoms with van der Waals surface area (Å²) >= 11 is 0. The van der Waals surface area contributed by atoms with E-state index < -0.39 is 35.6 Å². The fraction of sp³-hybridized carbons (Fsp3) is 0.367. The van der Waals surface area contributed by atoms with Gasteiger partial charge in [0.25, 0.3) is 5.91 Å². The summed E-state index contributed by atoms with van der Waals surface area (Å²) in [5.41, 5.74) is 2.97. The molecule has 0 unspecified atom stereocenters. The molecule has 0 spiro atoms. The number of halogens is 3. The second-order valence-corrected chi connectivity index (χ2v) is 10.3. The van der Waals surface area contributed by atoms with Crippen molar-refractivity contribution in [2.75, 3.05) is 27.3 Å². The van der Waals surface area contributed by atoms with Gasteiger partial charge < -0.3 is 23.8 Å². The van der Waals surface area contributed by atoms with Crippen LogP contribution in [0.3, 0.4) is 0 Å². The number of piperazine rings is 1. The van der Waals surface area contributed by atoms with Gasteiger partial charge in [-0.1, -0.05) is 12.5 Å². The summed E-state index contributed by atoms with van der Waals surface area (Å²) in [6, 6.07) is 6.02. The zero-order valence-corrected chi connectivity index (χ0v) is 23.1.